The Morgan fingerprint density at radius 3 is 2.25 bits per heavy atom. The van der Waals surface area contributed by atoms with Crippen LogP contribution in [0.4, 0.5) is 4.39 Å². The summed E-state index contributed by atoms with van der Waals surface area (Å²) in [5.41, 5.74) is 0. The smallest absolute Gasteiger partial charge is 0.246 e. The third-order valence-corrected chi connectivity index (χ3v) is 5.15. The summed E-state index contributed by atoms with van der Waals surface area (Å²) in [4.78, 5) is -0.440. The molecule has 0 spiro atoms. The summed E-state index contributed by atoms with van der Waals surface area (Å²) in [7, 11) is 0.164. The van der Waals surface area contributed by atoms with Crippen molar-refractivity contribution in [1.82, 2.24) is 4.31 Å². The van der Waals surface area contributed by atoms with E-state index in [0.717, 1.165) is 16.4 Å². The number of hydrogen-bond donors (Lipinski definition) is 0. The fourth-order valence-electron chi connectivity index (χ4n) is 1.82. The van der Waals surface area contributed by atoms with Crippen LogP contribution in [0.25, 0.3) is 0 Å². The lowest BCUT2D eigenvalue weighted by Gasteiger charge is -2.33. The lowest BCUT2D eigenvalue weighted by molar-refractivity contribution is -0.0305. The molecule has 1 heterocycles. The zero-order valence-electron chi connectivity index (χ0n) is 11.4. The molecule has 1 aliphatic heterocycles. The van der Waals surface area contributed by atoms with Gasteiger partial charge in [-0.05, 0) is 0 Å². The Labute approximate surface area is 117 Å². The van der Waals surface area contributed by atoms with Gasteiger partial charge in [-0.2, -0.15) is 4.31 Å². The van der Waals surface area contributed by atoms with Crippen LogP contribution >= 0.6 is 0 Å². The molecule has 0 saturated carbocycles. The molecule has 0 aliphatic carbocycles. The monoisotopic (exact) mass is 305 g/mol. The Balaban J connectivity index is 2.45. The van der Waals surface area contributed by atoms with Crippen molar-refractivity contribution in [2.24, 2.45) is 0 Å². The average molecular weight is 305 g/mol. The highest BCUT2D eigenvalue weighted by atomic mass is 32.2. The largest absolute Gasteiger partial charge is 0.493 e. The van der Waals surface area contributed by atoms with Crippen LogP contribution in [0.15, 0.2) is 17.0 Å². The highest BCUT2D eigenvalue weighted by Crippen LogP contribution is 2.33. The van der Waals surface area contributed by atoms with E-state index < -0.39 is 20.7 Å². The summed E-state index contributed by atoms with van der Waals surface area (Å²) in [5, 5.41) is 0. The number of halogens is 1. The molecule has 1 saturated heterocycles. The molecule has 1 aliphatic rings. The molecule has 0 unspecified atom stereocenters. The van der Waals surface area contributed by atoms with E-state index in [4.69, 9.17) is 14.2 Å². The maximum atomic E-state index is 14.0. The van der Waals surface area contributed by atoms with Gasteiger partial charge in [0, 0.05) is 19.2 Å². The van der Waals surface area contributed by atoms with Crippen LogP contribution < -0.4 is 9.47 Å². The van der Waals surface area contributed by atoms with E-state index >= 15 is 0 Å². The van der Waals surface area contributed by atoms with Crippen LogP contribution in [0.3, 0.4) is 0 Å². The lowest BCUT2D eigenvalue weighted by atomic mass is 10.3. The minimum Gasteiger partial charge on any atom is -0.493 e. The molecule has 2 rings (SSSR count). The van der Waals surface area contributed by atoms with Gasteiger partial charge in [-0.15, -0.1) is 0 Å². The summed E-state index contributed by atoms with van der Waals surface area (Å²) < 4.78 is 54.8. The van der Waals surface area contributed by atoms with E-state index in [0.29, 0.717) is 13.2 Å². The van der Waals surface area contributed by atoms with Gasteiger partial charge in [0.2, 0.25) is 10.0 Å². The standard InChI is InChI=1S/C12H16FNO5S/c1-14(8-6-19-7-8)20(15,16)12-5-11(18-3)10(17-2)4-9(12)13/h4-5,8H,6-7H2,1-3H3. The molecule has 0 bridgehead atoms. The molecule has 1 fully saturated rings. The van der Waals surface area contributed by atoms with Crippen molar-refractivity contribution < 1.29 is 27.0 Å². The van der Waals surface area contributed by atoms with Gasteiger partial charge in [0.25, 0.3) is 0 Å². The molecule has 6 nitrogen and oxygen atoms in total. The molecule has 112 valence electrons. The Hall–Kier alpha value is -1.38. The second-order valence-electron chi connectivity index (χ2n) is 4.35. The predicted octanol–water partition coefficient (Wildman–Crippen LogP) is 0.862. The molecule has 8 heteroatoms. The maximum Gasteiger partial charge on any atom is 0.246 e. The predicted molar refractivity (Wildman–Crippen MR) is 69.1 cm³/mol. The maximum absolute atomic E-state index is 14.0. The summed E-state index contributed by atoms with van der Waals surface area (Å²) in [5.74, 6) is -0.584. The first-order chi connectivity index (χ1) is 9.41. The van der Waals surface area contributed by atoms with E-state index in [-0.39, 0.29) is 17.5 Å². The second kappa shape index (κ2) is 5.55. The van der Waals surface area contributed by atoms with E-state index in [1.54, 1.807) is 0 Å². The SMILES string of the molecule is COc1cc(F)c(S(=O)(=O)N(C)C2COC2)cc1OC. The molecule has 0 atom stereocenters. The molecule has 1 aromatic rings. The van der Waals surface area contributed by atoms with Crippen LogP contribution in [-0.4, -0.2) is 53.2 Å². The number of nitrogens with zero attached hydrogens (tertiary/aromatic N) is 1. The van der Waals surface area contributed by atoms with E-state index in [9.17, 15) is 12.8 Å². The van der Waals surface area contributed by atoms with E-state index in [2.05, 4.69) is 0 Å². The summed E-state index contributed by atoms with van der Waals surface area (Å²) >= 11 is 0. The first-order valence-electron chi connectivity index (χ1n) is 5.89. The minimum atomic E-state index is -3.94. The summed E-state index contributed by atoms with van der Waals surface area (Å²) in [6.07, 6.45) is 0. The van der Waals surface area contributed by atoms with Gasteiger partial charge in [0.15, 0.2) is 11.5 Å². The van der Waals surface area contributed by atoms with Gasteiger partial charge < -0.3 is 14.2 Å². The molecule has 20 heavy (non-hydrogen) atoms. The van der Waals surface area contributed by atoms with Gasteiger partial charge in [0.1, 0.15) is 10.7 Å². The fraction of sp³-hybridized carbons (Fsp3) is 0.500. The molecular weight excluding hydrogens is 289 g/mol. The molecule has 0 N–H and O–H groups in total. The Morgan fingerprint density at radius 2 is 1.80 bits per heavy atom. The summed E-state index contributed by atoms with van der Waals surface area (Å²) in [6.45, 7) is 0.620. The lowest BCUT2D eigenvalue weighted by Crippen LogP contribution is -2.49. The van der Waals surface area contributed by atoms with Crippen LogP contribution in [-0.2, 0) is 14.8 Å². The molecular formula is C12H16FNO5S. The Kier molecular flexibility index (Phi) is 4.17. The van der Waals surface area contributed by atoms with Crippen LogP contribution in [0.5, 0.6) is 11.5 Å². The minimum absolute atomic E-state index is 0.138. The third-order valence-electron chi connectivity index (χ3n) is 3.23. The van der Waals surface area contributed by atoms with Gasteiger partial charge in [0.05, 0.1) is 33.5 Å². The van der Waals surface area contributed by atoms with Crippen molar-refractivity contribution in [1.29, 1.82) is 0 Å². The molecule has 0 aromatic heterocycles. The normalized spacial score (nSPS) is 16.1. The average Bonchev–Trinajstić information content (AvgIpc) is 2.35. The van der Waals surface area contributed by atoms with E-state index in [1.165, 1.54) is 21.3 Å². The van der Waals surface area contributed by atoms with Crippen molar-refractivity contribution in [2.45, 2.75) is 10.9 Å². The molecule has 0 amide bonds. The van der Waals surface area contributed by atoms with Crippen molar-refractivity contribution >= 4 is 10.0 Å². The van der Waals surface area contributed by atoms with Gasteiger partial charge in [-0.3, -0.25) is 0 Å². The van der Waals surface area contributed by atoms with Gasteiger partial charge >= 0.3 is 0 Å². The van der Waals surface area contributed by atoms with Crippen LogP contribution in [0, 0.1) is 5.82 Å². The Morgan fingerprint density at radius 1 is 1.25 bits per heavy atom. The number of hydrogen-bond acceptors (Lipinski definition) is 5. The third kappa shape index (κ3) is 2.46. The number of ether oxygens (including phenoxy) is 3. The highest BCUT2D eigenvalue weighted by Gasteiger charge is 2.35. The topological polar surface area (TPSA) is 65.1 Å². The highest BCUT2D eigenvalue weighted by molar-refractivity contribution is 7.89. The van der Waals surface area contributed by atoms with Crippen LogP contribution in [0.2, 0.25) is 0 Å². The molecule has 0 radical (unpaired) electrons. The number of sulfonamides is 1. The van der Waals surface area contributed by atoms with Crippen molar-refractivity contribution in [2.75, 3.05) is 34.5 Å². The molecule has 1 aromatic carbocycles. The quantitative estimate of drug-likeness (QED) is 0.807. The number of methoxy groups -OCH3 is 2. The van der Waals surface area contributed by atoms with Gasteiger partial charge in [-0.25, -0.2) is 12.8 Å². The number of likely N-dealkylation sites (N-methyl/N-ethyl adjacent to an activating group) is 1. The second-order valence-corrected chi connectivity index (χ2v) is 6.32. The van der Waals surface area contributed by atoms with E-state index in [1.807, 2.05) is 0 Å². The number of benzene rings is 1. The first kappa shape index (κ1) is 15.0. The van der Waals surface area contributed by atoms with Crippen molar-refractivity contribution in [3.63, 3.8) is 0 Å². The zero-order valence-corrected chi connectivity index (χ0v) is 12.2. The Bertz CT molecular complexity index is 600. The summed E-state index contributed by atoms with van der Waals surface area (Å²) in [6, 6.07) is 1.85. The fourth-order valence-corrected chi connectivity index (χ4v) is 3.20. The first-order valence-corrected chi connectivity index (χ1v) is 7.33. The number of rotatable bonds is 5. The zero-order chi connectivity index (χ0) is 14.9. The van der Waals surface area contributed by atoms with Crippen LogP contribution in [0.1, 0.15) is 0 Å². The van der Waals surface area contributed by atoms with Gasteiger partial charge in [-0.1, -0.05) is 0 Å². The van der Waals surface area contributed by atoms with Crippen molar-refractivity contribution in [3.8, 4) is 11.5 Å². The van der Waals surface area contributed by atoms with Crippen molar-refractivity contribution in [3.05, 3.63) is 17.9 Å².